The monoisotopic (exact) mass is 502 g/mol. The number of methoxy groups -OCH3 is 2. The van der Waals surface area contributed by atoms with E-state index in [2.05, 4.69) is 25.3 Å². The SMILES string of the molecule is COc1ccc(-c2noc(CN3CCCC(C(=O)NCc4ccccc4-n4ccnc4)C3)n2)cc1OC. The van der Waals surface area contributed by atoms with Gasteiger partial charge in [0.05, 0.1) is 38.7 Å². The lowest BCUT2D eigenvalue weighted by Gasteiger charge is -2.30. The number of piperidine rings is 1. The molecule has 10 nitrogen and oxygen atoms in total. The van der Waals surface area contributed by atoms with Crippen molar-refractivity contribution in [3.8, 4) is 28.6 Å². The first-order chi connectivity index (χ1) is 18.1. The van der Waals surface area contributed by atoms with Gasteiger partial charge in [-0.2, -0.15) is 4.98 Å². The molecule has 1 amide bonds. The zero-order valence-electron chi connectivity index (χ0n) is 21.0. The first-order valence-corrected chi connectivity index (χ1v) is 12.3. The molecule has 192 valence electrons. The Hall–Kier alpha value is -4.18. The molecule has 0 radical (unpaired) electrons. The summed E-state index contributed by atoms with van der Waals surface area (Å²) >= 11 is 0. The van der Waals surface area contributed by atoms with Crippen LogP contribution in [-0.4, -0.2) is 57.8 Å². The molecule has 1 aliphatic heterocycles. The van der Waals surface area contributed by atoms with Crippen molar-refractivity contribution in [1.82, 2.24) is 29.9 Å². The molecule has 10 heteroatoms. The van der Waals surface area contributed by atoms with Crippen molar-refractivity contribution in [2.24, 2.45) is 5.92 Å². The maximum Gasteiger partial charge on any atom is 0.241 e. The van der Waals surface area contributed by atoms with Gasteiger partial charge in [0.2, 0.25) is 17.6 Å². The number of rotatable bonds is 9. The van der Waals surface area contributed by atoms with Gasteiger partial charge in [0.1, 0.15) is 0 Å². The number of nitrogens with one attached hydrogen (secondary N) is 1. The van der Waals surface area contributed by atoms with Crippen LogP contribution in [0, 0.1) is 5.92 Å². The van der Waals surface area contributed by atoms with Crippen molar-refractivity contribution in [3.05, 3.63) is 72.6 Å². The van der Waals surface area contributed by atoms with Crippen LogP contribution in [0.5, 0.6) is 11.5 Å². The Balaban J connectivity index is 1.18. The molecule has 1 atom stereocenters. The van der Waals surface area contributed by atoms with Gasteiger partial charge in [-0.3, -0.25) is 9.69 Å². The van der Waals surface area contributed by atoms with Gasteiger partial charge in [-0.15, -0.1) is 0 Å². The minimum atomic E-state index is -0.0950. The number of benzene rings is 2. The van der Waals surface area contributed by atoms with Crippen molar-refractivity contribution < 1.29 is 18.8 Å². The summed E-state index contributed by atoms with van der Waals surface area (Å²) in [5.41, 5.74) is 2.82. The second-order valence-electron chi connectivity index (χ2n) is 8.97. The summed E-state index contributed by atoms with van der Waals surface area (Å²) < 4.78 is 18.1. The highest BCUT2D eigenvalue weighted by atomic mass is 16.5. The minimum absolute atomic E-state index is 0.0571. The molecule has 2 aromatic heterocycles. The van der Waals surface area contributed by atoms with E-state index in [1.165, 1.54) is 0 Å². The largest absolute Gasteiger partial charge is 0.493 e. The molecule has 1 aliphatic rings. The van der Waals surface area contributed by atoms with E-state index >= 15 is 0 Å². The van der Waals surface area contributed by atoms with Crippen LogP contribution < -0.4 is 14.8 Å². The lowest BCUT2D eigenvalue weighted by Crippen LogP contribution is -2.42. The van der Waals surface area contributed by atoms with E-state index in [9.17, 15) is 4.79 Å². The summed E-state index contributed by atoms with van der Waals surface area (Å²) in [4.78, 5) is 23.9. The van der Waals surface area contributed by atoms with Crippen LogP contribution in [0.1, 0.15) is 24.3 Å². The molecule has 1 N–H and O–H groups in total. The molecular formula is C27H30N6O4. The average Bonchev–Trinajstić information content (AvgIpc) is 3.64. The van der Waals surface area contributed by atoms with E-state index in [1.54, 1.807) is 26.7 Å². The number of likely N-dealkylation sites (tertiary alicyclic amines) is 1. The third kappa shape index (κ3) is 5.64. The van der Waals surface area contributed by atoms with E-state index in [4.69, 9.17) is 14.0 Å². The molecule has 0 aliphatic carbocycles. The van der Waals surface area contributed by atoms with Gasteiger partial charge in [-0.1, -0.05) is 23.4 Å². The Labute approximate surface area is 215 Å². The molecule has 1 saturated heterocycles. The zero-order chi connectivity index (χ0) is 25.6. The highest BCUT2D eigenvalue weighted by molar-refractivity contribution is 5.79. The number of carbonyl (C=O) groups excluding carboxylic acids is 1. The maximum atomic E-state index is 13.0. The van der Waals surface area contributed by atoms with Crippen molar-refractivity contribution in [1.29, 1.82) is 0 Å². The highest BCUT2D eigenvalue weighted by Gasteiger charge is 2.27. The molecular weight excluding hydrogens is 472 g/mol. The van der Waals surface area contributed by atoms with Crippen molar-refractivity contribution in [3.63, 3.8) is 0 Å². The predicted molar refractivity (Wildman–Crippen MR) is 136 cm³/mol. The zero-order valence-corrected chi connectivity index (χ0v) is 21.0. The fourth-order valence-electron chi connectivity index (χ4n) is 4.66. The number of ether oxygens (including phenoxy) is 2. The smallest absolute Gasteiger partial charge is 0.241 e. The van der Waals surface area contributed by atoms with Crippen LogP contribution >= 0.6 is 0 Å². The van der Waals surface area contributed by atoms with Gasteiger partial charge in [0.25, 0.3) is 0 Å². The number of nitrogens with zero attached hydrogens (tertiary/aromatic N) is 5. The molecule has 5 rings (SSSR count). The van der Waals surface area contributed by atoms with Crippen molar-refractivity contribution in [2.75, 3.05) is 27.3 Å². The standard InChI is InChI=1S/C27H30N6O4/c1-35-23-10-9-19(14-24(23)36-2)26-30-25(37-31-26)17-32-12-5-7-21(16-32)27(34)29-15-20-6-3-4-8-22(20)33-13-11-28-18-33/h3-4,6,8-11,13-14,18,21H,5,7,12,15-17H2,1-2H3,(H,29,34). The van der Waals surface area contributed by atoms with E-state index in [0.29, 0.717) is 42.8 Å². The molecule has 0 spiro atoms. The fraction of sp³-hybridized carbons (Fsp3) is 0.333. The quantitative estimate of drug-likeness (QED) is 0.371. The Morgan fingerprint density at radius 3 is 2.84 bits per heavy atom. The molecule has 2 aromatic carbocycles. The van der Waals surface area contributed by atoms with Crippen molar-refractivity contribution in [2.45, 2.75) is 25.9 Å². The average molecular weight is 503 g/mol. The Morgan fingerprint density at radius 2 is 2.03 bits per heavy atom. The van der Waals surface area contributed by atoms with Crippen LogP contribution in [-0.2, 0) is 17.9 Å². The molecule has 0 saturated carbocycles. The molecule has 1 unspecified atom stereocenters. The number of carbonyl (C=O) groups is 1. The summed E-state index contributed by atoms with van der Waals surface area (Å²) in [5.74, 6) is 2.20. The molecule has 1 fully saturated rings. The maximum absolute atomic E-state index is 13.0. The normalized spacial score (nSPS) is 15.9. The topological polar surface area (TPSA) is 108 Å². The second-order valence-corrected chi connectivity index (χ2v) is 8.97. The molecule has 4 aromatic rings. The van der Waals surface area contributed by atoms with Crippen molar-refractivity contribution >= 4 is 5.91 Å². The summed E-state index contributed by atoms with van der Waals surface area (Å²) in [6.45, 7) is 2.47. The highest BCUT2D eigenvalue weighted by Crippen LogP contribution is 2.31. The Bertz CT molecular complexity index is 1340. The summed E-state index contributed by atoms with van der Waals surface area (Å²) in [6, 6.07) is 13.5. The van der Waals surface area contributed by atoms with E-state index in [0.717, 1.165) is 36.2 Å². The molecule has 3 heterocycles. The number of imidazole rings is 1. The van der Waals surface area contributed by atoms with E-state index < -0.39 is 0 Å². The van der Waals surface area contributed by atoms with Crippen LogP contribution in [0.3, 0.4) is 0 Å². The second kappa shape index (κ2) is 11.3. The first-order valence-electron chi connectivity index (χ1n) is 12.3. The Morgan fingerprint density at radius 1 is 1.16 bits per heavy atom. The van der Waals surface area contributed by atoms with Gasteiger partial charge in [0.15, 0.2) is 11.5 Å². The summed E-state index contributed by atoms with van der Waals surface area (Å²) in [6.07, 6.45) is 7.18. The first kappa shape index (κ1) is 24.5. The predicted octanol–water partition coefficient (Wildman–Crippen LogP) is 3.47. The van der Waals surface area contributed by atoms with Gasteiger partial charge in [-0.05, 0) is 49.2 Å². The third-order valence-corrected chi connectivity index (χ3v) is 6.57. The lowest BCUT2D eigenvalue weighted by molar-refractivity contribution is -0.127. The number of hydrogen-bond acceptors (Lipinski definition) is 8. The molecule has 37 heavy (non-hydrogen) atoms. The van der Waals surface area contributed by atoms with Gasteiger partial charge in [-0.25, -0.2) is 4.98 Å². The molecule has 0 bridgehead atoms. The number of aromatic nitrogens is 4. The summed E-state index contributed by atoms with van der Waals surface area (Å²) in [7, 11) is 3.18. The third-order valence-electron chi connectivity index (χ3n) is 6.57. The van der Waals surface area contributed by atoms with Crippen LogP contribution in [0.4, 0.5) is 0 Å². The number of hydrogen-bond donors (Lipinski definition) is 1. The lowest BCUT2D eigenvalue weighted by atomic mass is 9.97. The van der Waals surface area contributed by atoms with E-state index in [1.807, 2.05) is 53.2 Å². The fourth-order valence-corrected chi connectivity index (χ4v) is 4.66. The van der Waals surface area contributed by atoms with Gasteiger partial charge < -0.3 is 23.9 Å². The number of para-hydroxylation sites is 1. The van der Waals surface area contributed by atoms with Gasteiger partial charge >= 0.3 is 0 Å². The van der Waals surface area contributed by atoms with Crippen LogP contribution in [0.15, 0.2) is 65.7 Å². The van der Waals surface area contributed by atoms with Gasteiger partial charge in [0, 0.05) is 31.0 Å². The minimum Gasteiger partial charge on any atom is -0.493 e. The van der Waals surface area contributed by atoms with Crippen LogP contribution in [0.25, 0.3) is 17.1 Å². The number of amides is 1. The van der Waals surface area contributed by atoms with E-state index in [-0.39, 0.29) is 11.8 Å². The summed E-state index contributed by atoms with van der Waals surface area (Å²) in [5, 5.41) is 7.26. The van der Waals surface area contributed by atoms with Crippen LogP contribution in [0.2, 0.25) is 0 Å². The Kier molecular flexibility index (Phi) is 7.46.